The van der Waals surface area contributed by atoms with Gasteiger partial charge >= 0.3 is 43.0 Å². The van der Waals surface area contributed by atoms with Crippen molar-refractivity contribution in [2.24, 2.45) is 0 Å². The SMILES string of the molecule is C=C[Si](C)(C)O[Si](C)(O[Si](C)(C)C=C)O[Si](C)(C)C=C.C=C[Si]1(C=C)O[Si](C)(C)O[Si](C)(C)O[Si](C=C)(C=C)O1. The minimum atomic E-state index is -2.81. The quantitative estimate of drug-likeness (QED) is 0.184. The van der Waals surface area contributed by atoms with Crippen LogP contribution in [0.3, 0.4) is 0 Å². The van der Waals surface area contributed by atoms with Crippen molar-refractivity contribution in [1.29, 1.82) is 0 Å². The molecule has 0 bridgehead atoms. The summed E-state index contributed by atoms with van der Waals surface area (Å²) in [4.78, 5) is 0. The highest BCUT2D eigenvalue weighted by Crippen LogP contribution is 2.32. The van der Waals surface area contributed by atoms with Crippen molar-refractivity contribution in [1.82, 2.24) is 0 Å². The van der Waals surface area contributed by atoms with E-state index in [-0.39, 0.29) is 0 Å². The standard InChI is InChI=1S/C13H30O3Si4.C12H24O4Si4/c1-11-17(4,5)14-20(10,15-18(6,7)12-2)16-19(8,9)13-3;1-9-19(10-2)14-17(5,6)13-18(7,8)15-20(11-3,12-4)16-19/h11-13H,1-3H2,4-10H3;9-12H,1-4H2,5-8H3. The summed E-state index contributed by atoms with van der Waals surface area (Å²) in [6.07, 6.45) is 0. The number of hydrogen-bond donors (Lipinski definition) is 0. The lowest BCUT2D eigenvalue weighted by atomic mass is 11.2. The highest BCUT2D eigenvalue weighted by Gasteiger charge is 2.54. The van der Waals surface area contributed by atoms with Crippen molar-refractivity contribution in [3.05, 3.63) is 85.9 Å². The second-order valence-corrected chi connectivity index (χ2v) is 40.5. The van der Waals surface area contributed by atoms with E-state index in [1.54, 1.807) is 22.8 Å². The van der Waals surface area contributed by atoms with Crippen molar-refractivity contribution >= 4 is 68.0 Å². The fourth-order valence-electron chi connectivity index (χ4n) is 3.81. The van der Waals surface area contributed by atoms with Gasteiger partial charge in [-0.15, -0.1) is 46.1 Å². The lowest BCUT2D eigenvalue weighted by Crippen LogP contribution is -2.65. The molecule has 0 unspecified atom stereocenters. The van der Waals surface area contributed by atoms with Gasteiger partial charge < -0.3 is 28.8 Å². The zero-order valence-corrected chi connectivity index (χ0v) is 34.8. The molecule has 1 heterocycles. The van der Waals surface area contributed by atoms with Gasteiger partial charge in [0.05, 0.1) is 0 Å². The van der Waals surface area contributed by atoms with Gasteiger partial charge in [-0.25, -0.2) is 0 Å². The van der Waals surface area contributed by atoms with Crippen LogP contribution in [-0.4, -0.2) is 68.0 Å². The van der Waals surface area contributed by atoms with Gasteiger partial charge in [-0.2, -0.15) is 0 Å². The molecule has 0 atom stereocenters. The Balaban J connectivity index is 0.000000760. The predicted octanol–water partition coefficient (Wildman–Crippen LogP) is 7.65. The molecule has 40 heavy (non-hydrogen) atoms. The molecule has 0 aliphatic carbocycles. The Morgan fingerprint density at radius 1 is 0.450 bits per heavy atom. The highest BCUT2D eigenvalue weighted by atomic mass is 28.5. The predicted molar refractivity (Wildman–Crippen MR) is 190 cm³/mol. The van der Waals surface area contributed by atoms with Gasteiger partial charge in [0.2, 0.25) is 25.0 Å². The Hall–Kier alpha value is -0.365. The third-order valence-electron chi connectivity index (χ3n) is 5.58. The van der Waals surface area contributed by atoms with Crippen LogP contribution in [-0.2, 0) is 28.8 Å². The van der Waals surface area contributed by atoms with Crippen molar-refractivity contribution in [2.75, 3.05) is 0 Å². The zero-order chi connectivity index (χ0) is 31.9. The van der Waals surface area contributed by atoms with E-state index in [0.29, 0.717) is 0 Å². The van der Waals surface area contributed by atoms with Crippen LogP contribution in [0.15, 0.2) is 85.9 Å². The van der Waals surface area contributed by atoms with E-state index in [1.807, 2.05) is 49.8 Å². The molecule has 228 valence electrons. The Kier molecular flexibility index (Phi) is 14.3. The van der Waals surface area contributed by atoms with Gasteiger partial charge in [0.25, 0.3) is 0 Å². The Bertz CT molecular complexity index is 854. The molecule has 0 radical (unpaired) electrons. The van der Waals surface area contributed by atoms with Crippen molar-refractivity contribution < 1.29 is 28.8 Å². The molecule has 1 fully saturated rings. The minimum Gasteiger partial charge on any atom is -0.416 e. The van der Waals surface area contributed by atoms with E-state index >= 15 is 0 Å². The third-order valence-corrected chi connectivity index (χ3v) is 34.5. The maximum absolute atomic E-state index is 6.34. The maximum Gasteiger partial charge on any atom is 0.467 e. The summed E-state index contributed by atoms with van der Waals surface area (Å²) in [5.74, 6) is 0. The topological polar surface area (TPSA) is 64.6 Å². The second-order valence-electron chi connectivity index (χ2n) is 12.1. The first-order chi connectivity index (χ1) is 17.9. The smallest absolute Gasteiger partial charge is 0.416 e. The average molecular weight is 691 g/mol. The number of rotatable bonds is 13. The third kappa shape index (κ3) is 12.9. The molecule has 1 aliphatic rings. The zero-order valence-electron chi connectivity index (χ0n) is 26.8. The molecule has 1 aliphatic heterocycles. The summed E-state index contributed by atoms with van der Waals surface area (Å²) in [7, 11) is -19.1. The average Bonchev–Trinajstić information content (AvgIpc) is 2.80. The van der Waals surface area contributed by atoms with Gasteiger partial charge in [-0.05, 0) is 88.3 Å². The van der Waals surface area contributed by atoms with E-state index in [1.165, 1.54) is 0 Å². The molecule has 0 aromatic heterocycles. The van der Waals surface area contributed by atoms with Crippen molar-refractivity contribution in [2.45, 2.75) is 72.0 Å². The summed E-state index contributed by atoms with van der Waals surface area (Å²) < 4.78 is 44.0. The van der Waals surface area contributed by atoms with Crippen LogP contribution in [0.5, 0.6) is 0 Å². The van der Waals surface area contributed by atoms with Crippen LogP contribution < -0.4 is 0 Å². The van der Waals surface area contributed by atoms with Gasteiger partial charge in [-0.3, -0.25) is 0 Å². The number of hydrogen-bond acceptors (Lipinski definition) is 7. The largest absolute Gasteiger partial charge is 0.467 e. The van der Waals surface area contributed by atoms with Crippen molar-refractivity contribution in [3.8, 4) is 0 Å². The summed E-state index contributed by atoms with van der Waals surface area (Å²) in [6, 6.07) is 0. The molecular formula is C25H54O7Si8. The monoisotopic (exact) mass is 690 g/mol. The molecule has 7 nitrogen and oxygen atoms in total. The van der Waals surface area contributed by atoms with Crippen LogP contribution in [0.25, 0.3) is 0 Å². The normalized spacial score (nSPS) is 20.3. The minimum absolute atomic E-state index is 1.70. The van der Waals surface area contributed by atoms with Gasteiger partial charge in [-0.1, -0.05) is 17.1 Å². The van der Waals surface area contributed by atoms with Crippen LogP contribution >= 0.6 is 0 Å². The van der Waals surface area contributed by atoms with Crippen LogP contribution in [0.1, 0.15) is 0 Å². The molecule has 1 rings (SSSR count). The van der Waals surface area contributed by atoms with Crippen LogP contribution in [0, 0.1) is 0 Å². The Morgan fingerprint density at radius 2 is 0.700 bits per heavy atom. The van der Waals surface area contributed by atoms with Crippen molar-refractivity contribution in [3.63, 3.8) is 0 Å². The summed E-state index contributed by atoms with van der Waals surface area (Å²) in [5.41, 5.74) is 12.6. The Labute approximate surface area is 253 Å². The van der Waals surface area contributed by atoms with Gasteiger partial charge in [0.1, 0.15) is 0 Å². The molecule has 0 aromatic rings. The van der Waals surface area contributed by atoms with E-state index in [9.17, 15) is 0 Å². The fourth-order valence-corrected chi connectivity index (χ4v) is 35.9. The second kappa shape index (κ2) is 14.4. The molecule has 0 aromatic carbocycles. The molecule has 0 spiro atoms. The van der Waals surface area contributed by atoms with Crippen LogP contribution in [0.2, 0.25) is 72.0 Å². The summed E-state index contributed by atoms with van der Waals surface area (Å²) in [6.45, 7) is 49.6. The molecule has 1 saturated heterocycles. The molecular weight excluding hydrogens is 637 g/mol. The summed E-state index contributed by atoms with van der Waals surface area (Å²) in [5, 5.41) is 0. The van der Waals surface area contributed by atoms with E-state index in [4.69, 9.17) is 28.8 Å². The first-order valence-corrected chi connectivity index (χ1v) is 34.0. The molecule has 15 heteroatoms. The maximum atomic E-state index is 6.34. The first-order valence-electron chi connectivity index (χ1n) is 13.2. The molecule has 0 amide bonds. The first kappa shape index (κ1) is 39.6. The lowest BCUT2D eigenvalue weighted by molar-refractivity contribution is 0.250. The van der Waals surface area contributed by atoms with E-state index in [0.717, 1.165) is 0 Å². The lowest BCUT2D eigenvalue weighted by Gasteiger charge is -2.46. The fraction of sp³-hybridized carbons (Fsp3) is 0.440. The van der Waals surface area contributed by atoms with Gasteiger partial charge in [0.15, 0.2) is 0 Å². The van der Waals surface area contributed by atoms with E-state index in [2.05, 4.69) is 85.3 Å². The van der Waals surface area contributed by atoms with Gasteiger partial charge in [0, 0.05) is 6.55 Å². The molecule has 0 saturated carbocycles. The molecule has 0 N–H and O–H groups in total. The van der Waals surface area contributed by atoms with Crippen LogP contribution in [0.4, 0.5) is 0 Å². The van der Waals surface area contributed by atoms with E-state index < -0.39 is 68.0 Å². The summed E-state index contributed by atoms with van der Waals surface area (Å²) >= 11 is 0. The highest BCUT2D eigenvalue weighted by molar-refractivity contribution is 6.99. The Morgan fingerprint density at radius 3 is 0.900 bits per heavy atom.